The van der Waals surface area contributed by atoms with E-state index < -0.39 is 0 Å². The number of benzene rings is 1. The van der Waals surface area contributed by atoms with Gasteiger partial charge in [-0.15, -0.1) is 11.3 Å². The van der Waals surface area contributed by atoms with E-state index in [1.165, 1.54) is 11.3 Å². The number of rotatable bonds is 6. The van der Waals surface area contributed by atoms with Crippen LogP contribution in [0, 0.1) is 6.92 Å². The van der Waals surface area contributed by atoms with Crippen LogP contribution in [0.4, 0.5) is 5.69 Å². The smallest absolute Gasteiger partial charge is 0.0898 e. The zero-order valence-electron chi connectivity index (χ0n) is 13.0. The molecule has 0 aliphatic carbocycles. The Hall–Kier alpha value is -0.910. The van der Waals surface area contributed by atoms with Gasteiger partial charge in [0.2, 0.25) is 0 Å². The molecule has 0 atom stereocenters. The summed E-state index contributed by atoms with van der Waals surface area (Å²) in [4.78, 5) is 6.74. The number of halogens is 1. The first-order valence-electron chi connectivity index (χ1n) is 7.09. The number of hydrogen-bond acceptors (Lipinski definition) is 4. The third kappa shape index (κ3) is 4.80. The second-order valence-corrected chi connectivity index (χ2v) is 7.45. The van der Waals surface area contributed by atoms with Gasteiger partial charge in [0.25, 0.3) is 0 Å². The molecule has 5 heteroatoms. The third-order valence-electron chi connectivity index (χ3n) is 3.20. The summed E-state index contributed by atoms with van der Waals surface area (Å²) in [7, 11) is 2.10. The Morgan fingerprint density at radius 3 is 2.71 bits per heavy atom. The molecule has 0 saturated carbocycles. The van der Waals surface area contributed by atoms with Crippen LogP contribution < -0.4 is 10.2 Å². The molecule has 0 aliphatic heterocycles. The lowest BCUT2D eigenvalue weighted by Gasteiger charge is -2.20. The summed E-state index contributed by atoms with van der Waals surface area (Å²) in [5, 5.41) is 6.68. The highest BCUT2D eigenvalue weighted by Crippen LogP contribution is 2.28. The largest absolute Gasteiger partial charge is 0.368 e. The van der Waals surface area contributed by atoms with Gasteiger partial charge in [-0.3, -0.25) is 0 Å². The van der Waals surface area contributed by atoms with Crippen LogP contribution in [-0.2, 0) is 13.1 Å². The van der Waals surface area contributed by atoms with Gasteiger partial charge in [0.1, 0.15) is 0 Å². The summed E-state index contributed by atoms with van der Waals surface area (Å²) >= 11 is 5.39. The molecule has 2 aromatic rings. The van der Waals surface area contributed by atoms with Gasteiger partial charge in [0.05, 0.1) is 22.9 Å². The van der Waals surface area contributed by atoms with Crippen LogP contribution in [0.5, 0.6) is 0 Å². The van der Waals surface area contributed by atoms with E-state index in [1.807, 2.05) is 6.92 Å². The lowest BCUT2D eigenvalue weighted by atomic mass is 10.2. The molecule has 21 heavy (non-hydrogen) atoms. The topological polar surface area (TPSA) is 28.2 Å². The second-order valence-electron chi connectivity index (χ2n) is 5.54. The maximum atomic E-state index is 4.52. The normalized spacial score (nSPS) is 11.1. The number of aromatic nitrogens is 1. The van der Waals surface area contributed by atoms with Crippen molar-refractivity contribution in [2.75, 3.05) is 11.9 Å². The maximum absolute atomic E-state index is 4.52. The quantitative estimate of drug-likeness (QED) is 0.822. The minimum absolute atomic E-state index is 0.499. The zero-order valence-corrected chi connectivity index (χ0v) is 15.4. The lowest BCUT2D eigenvalue weighted by molar-refractivity contribution is 0.589. The molecule has 0 amide bonds. The first-order chi connectivity index (χ1) is 9.95. The monoisotopic (exact) mass is 367 g/mol. The molecule has 1 heterocycles. The average Bonchev–Trinajstić information content (AvgIpc) is 2.81. The Bertz CT molecular complexity index is 595. The summed E-state index contributed by atoms with van der Waals surface area (Å²) < 4.78 is 1.13. The number of nitrogens with zero attached hydrogens (tertiary/aromatic N) is 2. The molecule has 0 fully saturated rings. The molecular weight excluding hydrogens is 346 g/mol. The van der Waals surface area contributed by atoms with Crippen molar-refractivity contribution in [1.29, 1.82) is 0 Å². The van der Waals surface area contributed by atoms with E-state index in [2.05, 4.69) is 75.6 Å². The van der Waals surface area contributed by atoms with Crippen molar-refractivity contribution in [3.05, 3.63) is 44.3 Å². The summed E-state index contributed by atoms with van der Waals surface area (Å²) in [6, 6.07) is 7.03. The van der Waals surface area contributed by atoms with Gasteiger partial charge in [-0.1, -0.05) is 19.9 Å². The highest BCUT2D eigenvalue weighted by molar-refractivity contribution is 9.10. The number of hydrogen-bond donors (Lipinski definition) is 1. The van der Waals surface area contributed by atoms with E-state index in [0.29, 0.717) is 6.04 Å². The molecule has 1 aromatic heterocycles. The number of nitrogens with one attached hydrogen (secondary N) is 1. The highest BCUT2D eigenvalue weighted by Gasteiger charge is 2.09. The van der Waals surface area contributed by atoms with Crippen molar-refractivity contribution in [2.45, 2.75) is 39.9 Å². The first kappa shape index (κ1) is 16.5. The Labute approximate surface area is 139 Å². The standard InChI is InChI=1S/C16H22BrN3S/c1-11(2)18-8-13-5-6-16(15(17)7-13)20(4)9-14-10-21-12(3)19-14/h5-7,10-11,18H,8-9H2,1-4H3. The molecule has 1 N–H and O–H groups in total. The van der Waals surface area contributed by atoms with E-state index >= 15 is 0 Å². The predicted octanol–water partition coefficient (Wildman–Crippen LogP) is 4.35. The van der Waals surface area contributed by atoms with Gasteiger partial charge in [0, 0.05) is 29.5 Å². The van der Waals surface area contributed by atoms with Crippen molar-refractivity contribution in [3.8, 4) is 0 Å². The van der Waals surface area contributed by atoms with Gasteiger partial charge in [0.15, 0.2) is 0 Å². The molecule has 3 nitrogen and oxygen atoms in total. The second kappa shape index (κ2) is 7.38. The van der Waals surface area contributed by atoms with Crippen LogP contribution in [0.1, 0.15) is 30.1 Å². The molecule has 0 spiro atoms. The molecule has 0 aliphatic rings. The van der Waals surface area contributed by atoms with Crippen LogP contribution in [0.25, 0.3) is 0 Å². The average molecular weight is 368 g/mol. The van der Waals surface area contributed by atoms with Crippen molar-refractivity contribution in [1.82, 2.24) is 10.3 Å². The van der Waals surface area contributed by atoms with Crippen LogP contribution >= 0.6 is 27.3 Å². The van der Waals surface area contributed by atoms with E-state index in [1.54, 1.807) is 11.3 Å². The van der Waals surface area contributed by atoms with E-state index in [9.17, 15) is 0 Å². The minimum atomic E-state index is 0.499. The van der Waals surface area contributed by atoms with Crippen molar-refractivity contribution >= 4 is 33.0 Å². The van der Waals surface area contributed by atoms with Gasteiger partial charge in [-0.2, -0.15) is 0 Å². The van der Waals surface area contributed by atoms with Crippen LogP contribution in [0.3, 0.4) is 0 Å². The van der Waals surface area contributed by atoms with E-state index in [-0.39, 0.29) is 0 Å². The minimum Gasteiger partial charge on any atom is -0.368 e. The van der Waals surface area contributed by atoms with E-state index in [4.69, 9.17) is 0 Å². The first-order valence-corrected chi connectivity index (χ1v) is 8.77. The Morgan fingerprint density at radius 1 is 1.38 bits per heavy atom. The maximum Gasteiger partial charge on any atom is 0.0898 e. The molecule has 1 aromatic carbocycles. The van der Waals surface area contributed by atoms with Gasteiger partial charge in [-0.25, -0.2) is 4.98 Å². The molecule has 2 rings (SSSR count). The summed E-state index contributed by atoms with van der Waals surface area (Å²) in [6.07, 6.45) is 0. The van der Waals surface area contributed by atoms with Gasteiger partial charge in [-0.05, 0) is 40.5 Å². The Morgan fingerprint density at radius 2 is 2.14 bits per heavy atom. The number of anilines is 1. The fourth-order valence-corrected chi connectivity index (χ4v) is 3.43. The van der Waals surface area contributed by atoms with Gasteiger partial charge >= 0.3 is 0 Å². The molecular formula is C16H22BrN3S. The molecule has 0 unspecified atom stereocenters. The third-order valence-corrected chi connectivity index (χ3v) is 4.66. The van der Waals surface area contributed by atoms with Crippen LogP contribution in [-0.4, -0.2) is 18.1 Å². The van der Waals surface area contributed by atoms with Gasteiger partial charge < -0.3 is 10.2 Å². The van der Waals surface area contributed by atoms with Crippen molar-refractivity contribution in [2.24, 2.45) is 0 Å². The summed E-state index contributed by atoms with van der Waals surface area (Å²) in [6.45, 7) is 8.08. The fraction of sp³-hybridized carbons (Fsp3) is 0.438. The fourth-order valence-electron chi connectivity index (χ4n) is 2.10. The summed E-state index contributed by atoms with van der Waals surface area (Å²) in [5.41, 5.74) is 3.60. The van der Waals surface area contributed by atoms with Crippen LogP contribution in [0.15, 0.2) is 28.1 Å². The van der Waals surface area contributed by atoms with E-state index in [0.717, 1.165) is 28.3 Å². The Balaban J connectivity index is 2.05. The highest BCUT2D eigenvalue weighted by atomic mass is 79.9. The molecule has 0 saturated heterocycles. The SMILES string of the molecule is Cc1nc(CN(C)c2ccc(CNC(C)C)cc2Br)cs1. The van der Waals surface area contributed by atoms with Crippen molar-refractivity contribution < 1.29 is 0 Å². The van der Waals surface area contributed by atoms with Crippen LogP contribution in [0.2, 0.25) is 0 Å². The molecule has 114 valence electrons. The summed E-state index contributed by atoms with van der Waals surface area (Å²) in [5.74, 6) is 0. The molecule has 0 bridgehead atoms. The number of aryl methyl sites for hydroxylation is 1. The molecule has 0 radical (unpaired) electrons. The Kier molecular flexibility index (Phi) is 5.79. The number of thiazole rings is 1. The zero-order chi connectivity index (χ0) is 15.4. The predicted molar refractivity (Wildman–Crippen MR) is 95.1 cm³/mol. The lowest BCUT2D eigenvalue weighted by Crippen LogP contribution is -2.22. The van der Waals surface area contributed by atoms with Crippen molar-refractivity contribution in [3.63, 3.8) is 0 Å².